The molecule has 1 aliphatic rings. The molecule has 1 aromatic rings. The van der Waals surface area contributed by atoms with Crippen LogP contribution in [0.1, 0.15) is 40.5 Å². The van der Waals surface area contributed by atoms with Gasteiger partial charge in [-0.25, -0.2) is 0 Å². The van der Waals surface area contributed by atoms with Gasteiger partial charge in [-0.05, 0) is 44.2 Å². The van der Waals surface area contributed by atoms with E-state index in [1.54, 1.807) is 6.92 Å². The second-order valence-electron chi connectivity index (χ2n) is 7.39. The van der Waals surface area contributed by atoms with Crippen LogP contribution in [-0.4, -0.2) is 15.6 Å². The molecule has 8 nitrogen and oxygen atoms in total. The maximum Gasteiger partial charge on any atom is 0.301 e. The summed E-state index contributed by atoms with van der Waals surface area (Å²) in [4.78, 5) is 20.6. The SMILES string of the molecule is CC1=CCCC(C)(C)[C@@H]1/C=C\C(C)=N/Nc1ccc([N+](=O)[O-])cc1[N+](=O)[O-]. The van der Waals surface area contributed by atoms with Crippen LogP contribution in [0.4, 0.5) is 17.1 Å². The molecule has 0 aromatic heterocycles. The fourth-order valence-corrected chi connectivity index (χ4v) is 3.28. The standard InChI is InChI=1S/C19H24N4O4/c1-13-6-5-11-19(3,4)16(13)9-7-14(2)20-21-17-10-8-15(22(24)25)12-18(17)23(26)27/h6-10,12,16,21H,5,11H2,1-4H3/b9-7-,20-14-/t16-/m1/s1. The summed E-state index contributed by atoms with van der Waals surface area (Å²) in [5.41, 5.74) is 4.16. The van der Waals surface area contributed by atoms with Gasteiger partial charge in [0.2, 0.25) is 0 Å². The number of benzene rings is 1. The lowest BCUT2D eigenvalue weighted by atomic mass is 9.68. The zero-order valence-corrected chi connectivity index (χ0v) is 15.9. The van der Waals surface area contributed by atoms with Gasteiger partial charge in [0.05, 0.1) is 21.6 Å². The molecule has 0 amide bonds. The van der Waals surface area contributed by atoms with Gasteiger partial charge in [0.1, 0.15) is 5.69 Å². The van der Waals surface area contributed by atoms with Gasteiger partial charge in [-0.1, -0.05) is 31.6 Å². The number of nitro benzene ring substituents is 2. The van der Waals surface area contributed by atoms with Gasteiger partial charge in [-0.3, -0.25) is 25.7 Å². The van der Waals surface area contributed by atoms with Crippen molar-refractivity contribution in [3.8, 4) is 0 Å². The van der Waals surface area contributed by atoms with E-state index < -0.39 is 15.5 Å². The number of hydrogen-bond acceptors (Lipinski definition) is 6. The van der Waals surface area contributed by atoms with Crippen LogP contribution >= 0.6 is 0 Å². The zero-order valence-electron chi connectivity index (χ0n) is 15.9. The van der Waals surface area contributed by atoms with Crippen LogP contribution in [0.5, 0.6) is 0 Å². The van der Waals surface area contributed by atoms with E-state index >= 15 is 0 Å². The Bertz CT molecular complexity index is 840. The van der Waals surface area contributed by atoms with E-state index in [4.69, 9.17) is 0 Å². The van der Waals surface area contributed by atoms with E-state index in [2.05, 4.69) is 43.5 Å². The molecule has 0 spiro atoms. The van der Waals surface area contributed by atoms with Gasteiger partial charge in [-0.2, -0.15) is 5.10 Å². The Balaban J connectivity index is 2.18. The number of hydrazone groups is 1. The fourth-order valence-electron chi connectivity index (χ4n) is 3.28. The maximum absolute atomic E-state index is 11.2. The van der Waals surface area contributed by atoms with E-state index in [1.807, 2.05) is 6.08 Å². The van der Waals surface area contributed by atoms with Crippen molar-refractivity contribution >= 4 is 22.8 Å². The van der Waals surface area contributed by atoms with Gasteiger partial charge in [0.15, 0.2) is 0 Å². The van der Waals surface area contributed by atoms with Crippen LogP contribution in [0.3, 0.4) is 0 Å². The molecular weight excluding hydrogens is 348 g/mol. The summed E-state index contributed by atoms with van der Waals surface area (Å²) in [5.74, 6) is 0.310. The van der Waals surface area contributed by atoms with Crippen molar-refractivity contribution < 1.29 is 9.85 Å². The molecular formula is C19H24N4O4. The van der Waals surface area contributed by atoms with Gasteiger partial charge >= 0.3 is 5.69 Å². The summed E-state index contributed by atoms with van der Waals surface area (Å²) in [7, 11) is 0. The zero-order chi connectivity index (χ0) is 20.2. The van der Waals surface area contributed by atoms with Crippen molar-refractivity contribution in [2.45, 2.75) is 40.5 Å². The number of nitro groups is 2. The molecule has 0 fully saturated rings. The van der Waals surface area contributed by atoms with E-state index in [9.17, 15) is 20.2 Å². The number of rotatable bonds is 6. The monoisotopic (exact) mass is 372 g/mol. The smallest absolute Gasteiger partial charge is 0.271 e. The minimum atomic E-state index is -0.672. The van der Waals surface area contributed by atoms with Gasteiger partial charge in [-0.15, -0.1) is 0 Å². The highest BCUT2D eigenvalue weighted by Gasteiger charge is 2.30. The molecule has 27 heavy (non-hydrogen) atoms. The Kier molecular flexibility index (Phi) is 6.09. The van der Waals surface area contributed by atoms with Gasteiger partial charge in [0, 0.05) is 12.0 Å². The number of allylic oxidation sites excluding steroid dienone is 4. The summed E-state index contributed by atoms with van der Waals surface area (Å²) in [6.45, 7) is 8.39. The molecule has 0 saturated carbocycles. The van der Waals surface area contributed by atoms with E-state index in [-0.39, 0.29) is 16.8 Å². The molecule has 1 N–H and O–H groups in total. The van der Waals surface area contributed by atoms with Crippen molar-refractivity contribution in [3.05, 3.63) is 62.2 Å². The number of nitrogens with zero attached hydrogens (tertiary/aromatic N) is 3. The summed E-state index contributed by atoms with van der Waals surface area (Å²) in [5, 5.41) is 26.1. The Labute approximate surface area is 158 Å². The number of hydrogen-bond donors (Lipinski definition) is 1. The lowest BCUT2D eigenvalue weighted by Gasteiger charge is -2.36. The first kappa shape index (κ1) is 20.3. The van der Waals surface area contributed by atoms with E-state index in [0.29, 0.717) is 11.6 Å². The highest BCUT2D eigenvalue weighted by molar-refractivity contribution is 5.93. The Morgan fingerprint density at radius 3 is 2.59 bits per heavy atom. The second kappa shape index (κ2) is 8.11. The third-order valence-corrected chi connectivity index (χ3v) is 4.86. The second-order valence-corrected chi connectivity index (χ2v) is 7.39. The van der Waals surface area contributed by atoms with Crippen LogP contribution in [0, 0.1) is 31.6 Å². The minimum absolute atomic E-state index is 0.104. The predicted octanol–water partition coefficient (Wildman–Crippen LogP) is 5.23. The van der Waals surface area contributed by atoms with E-state index in [0.717, 1.165) is 18.9 Å². The van der Waals surface area contributed by atoms with E-state index in [1.165, 1.54) is 17.7 Å². The Hall–Kier alpha value is -3.03. The van der Waals surface area contributed by atoms with Crippen LogP contribution in [0.25, 0.3) is 0 Å². The molecule has 2 rings (SSSR count). The highest BCUT2D eigenvalue weighted by atomic mass is 16.6. The molecule has 144 valence electrons. The number of anilines is 1. The number of non-ortho nitro benzene ring substituents is 1. The molecule has 0 radical (unpaired) electrons. The third kappa shape index (κ3) is 4.99. The molecule has 8 heteroatoms. The maximum atomic E-state index is 11.2. The molecule has 0 heterocycles. The molecule has 1 atom stereocenters. The number of nitrogens with one attached hydrogen (secondary N) is 1. The van der Waals surface area contributed by atoms with Crippen LogP contribution in [0.2, 0.25) is 0 Å². The average molecular weight is 372 g/mol. The summed E-state index contributed by atoms with van der Waals surface area (Å²) >= 11 is 0. The van der Waals surface area contributed by atoms with Crippen LogP contribution < -0.4 is 5.43 Å². The molecule has 1 aliphatic carbocycles. The topological polar surface area (TPSA) is 111 Å². The molecule has 1 aromatic carbocycles. The first-order valence-corrected chi connectivity index (χ1v) is 8.70. The summed E-state index contributed by atoms with van der Waals surface area (Å²) < 4.78 is 0. The molecule has 0 unspecified atom stereocenters. The van der Waals surface area contributed by atoms with Gasteiger partial charge in [0.25, 0.3) is 5.69 Å². The Morgan fingerprint density at radius 2 is 2.00 bits per heavy atom. The average Bonchev–Trinajstić information content (AvgIpc) is 2.58. The minimum Gasteiger partial charge on any atom is -0.271 e. The first-order chi connectivity index (χ1) is 12.6. The fraction of sp³-hybridized carbons (Fsp3) is 0.421. The largest absolute Gasteiger partial charge is 0.301 e. The third-order valence-electron chi connectivity index (χ3n) is 4.86. The molecule has 0 aliphatic heterocycles. The van der Waals surface area contributed by atoms with Crippen LogP contribution in [0.15, 0.2) is 47.1 Å². The van der Waals surface area contributed by atoms with Crippen molar-refractivity contribution in [2.24, 2.45) is 16.4 Å². The lowest BCUT2D eigenvalue weighted by Crippen LogP contribution is -2.26. The Morgan fingerprint density at radius 1 is 1.30 bits per heavy atom. The first-order valence-electron chi connectivity index (χ1n) is 8.70. The van der Waals surface area contributed by atoms with Crippen molar-refractivity contribution in [1.82, 2.24) is 0 Å². The highest BCUT2D eigenvalue weighted by Crippen LogP contribution is 2.41. The predicted molar refractivity (Wildman–Crippen MR) is 106 cm³/mol. The molecule has 0 bridgehead atoms. The van der Waals surface area contributed by atoms with Crippen LogP contribution in [-0.2, 0) is 0 Å². The molecule has 0 saturated heterocycles. The summed E-state index contributed by atoms with van der Waals surface area (Å²) in [6, 6.07) is 3.41. The van der Waals surface area contributed by atoms with Crippen molar-refractivity contribution in [2.75, 3.05) is 5.43 Å². The van der Waals surface area contributed by atoms with Crippen molar-refractivity contribution in [1.29, 1.82) is 0 Å². The van der Waals surface area contributed by atoms with Gasteiger partial charge < -0.3 is 0 Å². The summed E-state index contributed by atoms with van der Waals surface area (Å²) in [6.07, 6.45) is 8.45. The lowest BCUT2D eigenvalue weighted by molar-refractivity contribution is -0.393. The normalized spacial score (nSPS) is 19.6. The quantitative estimate of drug-likeness (QED) is 0.318. The van der Waals surface area contributed by atoms with Crippen molar-refractivity contribution in [3.63, 3.8) is 0 Å².